The fraction of sp³-hybridized carbons (Fsp3) is 0.444. The van der Waals surface area contributed by atoms with E-state index in [1.54, 1.807) is 71.3 Å². The molecule has 13 heteroatoms. The SMILES string of the molecule is Cc1ncsc1-c1ccc([C@H](CN2C(=O)c3ccccc3C2=O)NC(=O)[C@@H]2C[C@@H](O)CN2C(=O)[C@@H](NC(=O)OC(C)(C)C)C(C)(C)C)cc1. The van der Waals surface area contributed by atoms with Gasteiger partial charge in [-0.25, -0.2) is 9.78 Å². The monoisotopic (exact) mass is 689 g/mol. The number of aromatic nitrogens is 1. The van der Waals surface area contributed by atoms with Gasteiger partial charge in [-0.15, -0.1) is 11.3 Å². The van der Waals surface area contributed by atoms with Gasteiger partial charge < -0.3 is 25.4 Å². The minimum Gasteiger partial charge on any atom is -0.444 e. The van der Waals surface area contributed by atoms with Crippen LogP contribution in [0.1, 0.15) is 86.0 Å². The van der Waals surface area contributed by atoms with Crippen LogP contribution >= 0.6 is 11.3 Å². The molecule has 12 nitrogen and oxygen atoms in total. The first-order valence-corrected chi connectivity index (χ1v) is 17.1. The number of aliphatic hydroxyl groups excluding tert-OH is 1. The summed E-state index contributed by atoms with van der Waals surface area (Å²) >= 11 is 1.50. The zero-order valence-corrected chi connectivity index (χ0v) is 29.6. The summed E-state index contributed by atoms with van der Waals surface area (Å²) in [6, 6.07) is 11.0. The number of β-amino-alcohol motifs (C(OH)–C–C–N with tert-alkyl or cyclic N) is 1. The molecule has 0 bridgehead atoms. The van der Waals surface area contributed by atoms with Crippen LogP contribution in [0.2, 0.25) is 0 Å². The fourth-order valence-electron chi connectivity index (χ4n) is 6.08. The smallest absolute Gasteiger partial charge is 0.408 e. The number of rotatable bonds is 8. The van der Waals surface area contributed by atoms with Crippen molar-refractivity contribution >= 4 is 41.1 Å². The Morgan fingerprint density at radius 2 is 1.59 bits per heavy atom. The van der Waals surface area contributed by atoms with Crippen LogP contribution in [0, 0.1) is 12.3 Å². The first-order chi connectivity index (χ1) is 22.9. The third-order valence-corrected chi connectivity index (χ3v) is 9.50. The fourth-order valence-corrected chi connectivity index (χ4v) is 6.89. The average Bonchev–Trinajstić information content (AvgIpc) is 3.70. The van der Waals surface area contributed by atoms with Gasteiger partial charge in [0, 0.05) is 13.0 Å². The predicted molar refractivity (Wildman–Crippen MR) is 184 cm³/mol. The van der Waals surface area contributed by atoms with Crippen molar-refractivity contribution in [3.63, 3.8) is 0 Å². The van der Waals surface area contributed by atoms with E-state index in [2.05, 4.69) is 15.6 Å². The summed E-state index contributed by atoms with van der Waals surface area (Å²) in [7, 11) is 0. The number of aryl methyl sites for hydroxylation is 1. The molecule has 2 aliphatic heterocycles. The number of nitrogens with one attached hydrogen (secondary N) is 2. The minimum atomic E-state index is -1.09. The van der Waals surface area contributed by atoms with Crippen molar-refractivity contribution in [2.45, 2.75) is 84.7 Å². The number of likely N-dealkylation sites (tertiary alicyclic amines) is 1. The molecule has 260 valence electrons. The number of amides is 5. The highest BCUT2D eigenvalue weighted by Gasteiger charge is 2.46. The zero-order valence-electron chi connectivity index (χ0n) is 28.8. The lowest BCUT2D eigenvalue weighted by Gasteiger charge is -2.36. The summed E-state index contributed by atoms with van der Waals surface area (Å²) < 4.78 is 5.40. The van der Waals surface area contributed by atoms with Gasteiger partial charge in [-0.2, -0.15) is 0 Å². The highest BCUT2D eigenvalue weighted by Crippen LogP contribution is 2.31. The van der Waals surface area contributed by atoms with Gasteiger partial charge in [-0.3, -0.25) is 24.1 Å². The molecule has 0 saturated carbocycles. The number of fused-ring (bicyclic) bond motifs is 1. The number of alkyl carbamates (subject to hydrolysis) is 1. The molecule has 2 aromatic carbocycles. The number of thiazole rings is 1. The Kier molecular flexibility index (Phi) is 9.98. The minimum absolute atomic E-state index is 0.0375. The van der Waals surface area contributed by atoms with E-state index in [-0.39, 0.29) is 30.6 Å². The third kappa shape index (κ3) is 7.83. The maximum Gasteiger partial charge on any atom is 0.408 e. The number of nitrogens with zero attached hydrogens (tertiary/aromatic N) is 3. The van der Waals surface area contributed by atoms with Crippen LogP contribution in [-0.2, 0) is 14.3 Å². The van der Waals surface area contributed by atoms with Crippen LogP contribution in [0.15, 0.2) is 54.0 Å². The molecule has 1 saturated heterocycles. The highest BCUT2D eigenvalue weighted by molar-refractivity contribution is 7.13. The van der Waals surface area contributed by atoms with Gasteiger partial charge in [-0.1, -0.05) is 57.2 Å². The van der Waals surface area contributed by atoms with Gasteiger partial charge >= 0.3 is 6.09 Å². The summed E-state index contributed by atoms with van der Waals surface area (Å²) in [6.07, 6.45) is -1.80. The lowest BCUT2D eigenvalue weighted by Crippen LogP contribution is -2.58. The van der Waals surface area contributed by atoms with Crippen LogP contribution in [0.4, 0.5) is 4.79 Å². The highest BCUT2D eigenvalue weighted by atomic mass is 32.1. The van der Waals surface area contributed by atoms with E-state index in [9.17, 15) is 29.1 Å². The van der Waals surface area contributed by atoms with Crippen molar-refractivity contribution in [1.82, 2.24) is 25.4 Å². The lowest BCUT2D eigenvalue weighted by molar-refractivity contribution is -0.142. The predicted octanol–water partition coefficient (Wildman–Crippen LogP) is 4.47. The number of benzene rings is 2. The molecule has 49 heavy (non-hydrogen) atoms. The third-order valence-electron chi connectivity index (χ3n) is 8.52. The standard InChI is InChI=1S/C36H43N5O7S/c1-20-28(49-19-37-20)22-14-12-21(13-15-22)26(18-41-31(44)24-10-8-9-11-25(24)32(41)45)38-30(43)27-16-23(42)17-40(27)33(46)29(35(2,3)4)39-34(47)48-36(5,6)7/h8-15,19,23,26-27,29,42H,16-18H2,1-7H3,(H,38,43)(H,39,47)/t23-,26+,27+,29-/m1/s1. The van der Waals surface area contributed by atoms with E-state index in [0.29, 0.717) is 5.56 Å². The Bertz CT molecular complexity index is 1720. The second-order valence-corrected chi connectivity index (χ2v) is 15.4. The number of carbonyl (C=O) groups excluding carboxylic acids is 5. The van der Waals surface area contributed by atoms with E-state index in [1.165, 1.54) is 16.2 Å². The van der Waals surface area contributed by atoms with Crippen molar-refractivity contribution in [2.24, 2.45) is 5.41 Å². The van der Waals surface area contributed by atoms with E-state index >= 15 is 0 Å². The molecule has 0 spiro atoms. The number of carbonyl (C=O) groups is 5. The van der Waals surface area contributed by atoms with Crippen molar-refractivity contribution < 1.29 is 33.8 Å². The summed E-state index contributed by atoms with van der Waals surface area (Å²) in [4.78, 5) is 75.3. The van der Waals surface area contributed by atoms with Gasteiger partial charge in [0.25, 0.3) is 11.8 Å². The summed E-state index contributed by atoms with van der Waals surface area (Å²) in [5.41, 5.74) is 3.21. The number of aliphatic hydroxyl groups is 1. The Morgan fingerprint density at radius 1 is 0.980 bits per heavy atom. The largest absolute Gasteiger partial charge is 0.444 e. The normalized spacial score (nSPS) is 19.0. The quantitative estimate of drug-likeness (QED) is 0.293. The van der Waals surface area contributed by atoms with Crippen molar-refractivity contribution in [1.29, 1.82) is 0 Å². The van der Waals surface area contributed by atoms with Crippen LogP contribution in [0.25, 0.3) is 10.4 Å². The lowest BCUT2D eigenvalue weighted by atomic mass is 9.85. The summed E-state index contributed by atoms with van der Waals surface area (Å²) in [6.45, 7) is 12.1. The topological polar surface area (TPSA) is 158 Å². The molecule has 3 heterocycles. The number of hydrogen-bond donors (Lipinski definition) is 3. The first kappa shape index (κ1) is 35.7. The first-order valence-electron chi connectivity index (χ1n) is 16.2. The van der Waals surface area contributed by atoms with Crippen molar-refractivity contribution in [3.8, 4) is 10.4 Å². The number of hydrogen-bond acceptors (Lipinski definition) is 9. The molecule has 3 N–H and O–H groups in total. The molecule has 2 aliphatic rings. The second-order valence-electron chi connectivity index (χ2n) is 14.6. The number of imide groups is 1. The van der Waals surface area contributed by atoms with E-state index in [0.717, 1.165) is 21.0 Å². The zero-order chi connectivity index (χ0) is 35.8. The molecular formula is C36H43N5O7S. The number of ether oxygens (including phenoxy) is 1. The Labute approximate surface area is 289 Å². The molecule has 0 aliphatic carbocycles. The van der Waals surface area contributed by atoms with Crippen LogP contribution in [0.3, 0.4) is 0 Å². The van der Waals surface area contributed by atoms with E-state index in [1.807, 2.05) is 31.2 Å². The van der Waals surface area contributed by atoms with Crippen LogP contribution in [-0.4, -0.2) is 86.5 Å². The Morgan fingerprint density at radius 3 is 2.12 bits per heavy atom. The molecule has 4 atom stereocenters. The van der Waals surface area contributed by atoms with Gasteiger partial charge in [0.05, 0.1) is 45.9 Å². The van der Waals surface area contributed by atoms with Crippen molar-refractivity contribution in [3.05, 3.63) is 76.4 Å². The van der Waals surface area contributed by atoms with Crippen LogP contribution < -0.4 is 10.6 Å². The molecular weight excluding hydrogens is 646 g/mol. The van der Waals surface area contributed by atoms with Gasteiger partial charge in [0.1, 0.15) is 17.7 Å². The maximum atomic E-state index is 14.1. The van der Waals surface area contributed by atoms with Gasteiger partial charge in [0.15, 0.2) is 0 Å². The Hall–Kier alpha value is -4.62. The van der Waals surface area contributed by atoms with E-state index < -0.39 is 65.0 Å². The second kappa shape index (κ2) is 13.7. The average molecular weight is 690 g/mol. The molecule has 5 rings (SSSR count). The molecule has 3 aromatic rings. The molecule has 0 unspecified atom stereocenters. The molecule has 1 fully saturated rings. The van der Waals surface area contributed by atoms with Crippen molar-refractivity contribution in [2.75, 3.05) is 13.1 Å². The summed E-state index contributed by atoms with van der Waals surface area (Å²) in [5.74, 6) is -2.05. The molecule has 0 radical (unpaired) electrons. The maximum absolute atomic E-state index is 14.1. The summed E-state index contributed by atoms with van der Waals surface area (Å²) in [5, 5.41) is 16.3. The van der Waals surface area contributed by atoms with Gasteiger partial charge in [0.2, 0.25) is 11.8 Å². The molecule has 1 aromatic heterocycles. The molecule has 5 amide bonds. The van der Waals surface area contributed by atoms with E-state index in [4.69, 9.17) is 4.74 Å². The van der Waals surface area contributed by atoms with Gasteiger partial charge in [-0.05, 0) is 56.4 Å². The van der Waals surface area contributed by atoms with Crippen LogP contribution in [0.5, 0.6) is 0 Å². The Balaban J connectivity index is 1.42.